The summed E-state index contributed by atoms with van der Waals surface area (Å²) in [5.74, 6) is 0.405. The third-order valence-corrected chi connectivity index (χ3v) is 4.79. The van der Waals surface area contributed by atoms with Gasteiger partial charge in [-0.2, -0.15) is 0 Å². The maximum Gasteiger partial charge on any atom is 0.298 e. The first-order valence-corrected chi connectivity index (χ1v) is 9.00. The van der Waals surface area contributed by atoms with Crippen LogP contribution in [0.4, 0.5) is 10.5 Å². The number of thioether (sulfide) groups is 1. The number of carbonyl (C=O) groups excluding carboxylic acids is 2. The van der Waals surface area contributed by atoms with Gasteiger partial charge >= 0.3 is 0 Å². The minimum absolute atomic E-state index is 0.0777. The van der Waals surface area contributed by atoms with Crippen LogP contribution in [0.3, 0.4) is 0 Å². The summed E-state index contributed by atoms with van der Waals surface area (Å²) in [6.07, 6.45) is 2.69. The lowest BCUT2D eigenvalue weighted by Gasteiger charge is -2.15. The Morgan fingerprint density at radius 3 is 2.48 bits per heavy atom. The Labute approximate surface area is 151 Å². The first kappa shape index (κ1) is 17.3. The number of hydrogen-bond donors (Lipinski definition) is 0. The predicted molar refractivity (Wildman–Crippen MR) is 102 cm³/mol. The summed E-state index contributed by atoms with van der Waals surface area (Å²) >= 11 is 0.948. The Bertz CT molecular complexity index is 817. The highest BCUT2D eigenvalue weighted by Gasteiger charge is 2.36. The fourth-order valence-electron chi connectivity index (χ4n) is 2.42. The van der Waals surface area contributed by atoms with Crippen LogP contribution in [0.2, 0.25) is 0 Å². The summed E-state index contributed by atoms with van der Waals surface area (Å²) in [6, 6.07) is 16.5. The van der Waals surface area contributed by atoms with Crippen molar-refractivity contribution >= 4 is 34.7 Å². The lowest BCUT2D eigenvalue weighted by atomic mass is 10.1. The fraction of sp³-hybridized carbons (Fsp3) is 0.200. The topological polar surface area (TPSA) is 46.6 Å². The van der Waals surface area contributed by atoms with E-state index in [2.05, 4.69) is 6.92 Å². The SMILES string of the molecule is CC[C@@H](C)Oc1ccccc1/C=C1/SC(=O)N(c2ccccc2)C1=O. The second-order valence-corrected chi connectivity index (χ2v) is 6.72. The first-order valence-electron chi connectivity index (χ1n) is 8.19. The molecule has 1 aliphatic heterocycles. The van der Waals surface area contributed by atoms with Crippen LogP contribution < -0.4 is 9.64 Å². The molecule has 0 N–H and O–H groups in total. The summed E-state index contributed by atoms with van der Waals surface area (Å²) < 4.78 is 5.91. The molecule has 2 aromatic rings. The molecule has 128 valence electrons. The number of anilines is 1. The molecule has 25 heavy (non-hydrogen) atoms. The molecule has 0 saturated carbocycles. The Morgan fingerprint density at radius 1 is 1.08 bits per heavy atom. The van der Waals surface area contributed by atoms with Crippen molar-refractivity contribution in [2.75, 3.05) is 4.90 Å². The average Bonchev–Trinajstić information content (AvgIpc) is 2.90. The highest BCUT2D eigenvalue weighted by atomic mass is 32.2. The smallest absolute Gasteiger partial charge is 0.298 e. The second kappa shape index (κ2) is 7.57. The molecule has 0 unspecified atom stereocenters. The monoisotopic (exact) mass is 353 g/mol. The average molecular weight is 353 g/mol. The third kappa shape index (κ3) is 3.77. The van der Waals surface area contributed by atoms with Crippen molar-refractivity contribution in [1.82, 2.24) is 0 Å². The zero-order chi connectivity index (χ0) is 17.8. The molecule has 1 fully saturated rings. The van der Waals surface area contributed by atoms with E-state index >= 15 is 0 Å². The number of benzene rings is 2. The predicted octanol–water partition coefficient (Wildman–Crippen LogP) is 5.10. The molecular formula is C20H19NO3S. The summed E-state index contributed by atoms with van der Waals surface area (Å²) in [5, 5.41) is -0.289. The number of ether oxygens (including phenoxy) is 1. The van der Waals surface area contributed by atoms with Crippen molar-refractivity contribution in [2.45, 2.75) is 26.4 Å². The lowest BCUT2D eigenvalue weighted by molar-refractivity contribution is -0.113. The van der Waals surface area contributed by atoms with Gasteiger partial charge in [-0.05, 0) is 49.4 Å². The number of imide groups is 1. The summed E-state index contributed by atoms with van der Waals surface area (Å²) in [5.41, 5.74) is 1.37. The van der Waals surface area contributed by atoms with E-state index in [1.165, 1.54) is 4.90 Å². The fourth-order valence-corrected chi connectivity index (χ4v) is 3.25. The van der Waals surface area contributed by atoms with Crippen molar-refractivity contribution < 1.29 is 14.3 Å². The second-order valence-electron chi connectivity index (χ2n) is 5.73. The van der Waals surface area contributed by atoms with Crippen LogP contribution in [0.25, 0.3) is 6.08 Å². The van der Waals surface area contributed by atoms with Crippen molar-refractivity contribution in [1.29, 1.82) is 0 Å². The zero-order valence-electron chi connectivity index (χ0n) is 14.1. The lowest BCUT2D eigenvalue weighted by Crippen LogP contribution is -2.27. The van der Waals surface area contributed by atoms with Gasteiger partial charge in [-0.1, -0.05) is 43.3 Å². The highest BCUT2D eigenvalue weighted by Crippen LogP contribution is 2.36. The van der Waals surface area contributed by atoms with Crippen LogP contribution in [0, 0.1) is 0 Å². The van der Waals surface area contributed by atoms with Gasteiger partial charge in [-0.3, -0.25) is 9.59 Å². The maximum atomic E-state index is 12.7. The van der Waals surface area contributed by atoms with Crippen LogP contribution in [-0.2, 0) is 4.79 Å². The van der Waals surface area contributed by atoms with E-state index in [1.54, 1.807) is 30.3 Å². The van der Waals surface area contributed by atoms with Gasteiger partial charge in [0.2, 0.25) is 0 Å². The van der Waals surface area contributed by atoms with E-state index < -0.39 is 0 Å². The molecule has 0 aliphatic carbocycles. The van der Waals surface area contributed by atoms with E-state index in [1.807, 2.05) is 37.3 Å². The van der Waals surface area contributed by atoms with Gasteiger partial charge in [0.05, 0.1) is 16.7 Å². The van der Waals surface area contributed by atoms with Gasteiger partial charge in [0.1, 0.15) is 5.75 Å². The van der Waals surface area contributed by atoms with Gasteiger partial charge in [-0.25, -0.2) is 4.90 Å². The van der Waals surface area contributed by atoms with Gasteiger partial charge < -0.3 is 4.74 Å². The van der Waals surface area contributed by atoms with Crippen LogP contribution in [0.1, 0.15) is 25.8 Å². The number of nitrogens with zero attached hydrogens (tertiary/aromatic N) is 1. The van der Waals surface area contributed by atoms with Crippen LogP contribution >= 0.6 is 11.8 Å². The van der Waals surface area contributed by atoms with Crippen LogP contribution in [-0.4, -0.2) is 17.3 Å². The van der Waals surface area contributed by atoms with E-state index in [0.717, 1.165) is 23.7 Å². The summed E-state index contributed by atoms with van der Waals surface area (Å²) in [4.78, 5) is 26.6. The highest BCUT2D eigenvalue weighted by molar-refractivity contribution is 8.19. The Hall–Kier alpha value is -2.53. The van der Waals surface area contributed by atoms with E-state index in [0.29, 0.717) is 16.3 Å². The largest absolute Gasteiger partial charge is 0.490 e. The molecule has 2 aromatic carbocycles. The van der Waals surface area contributed by atoms with Gasteiger partial charge in [0, 0.05) is 5.56 Å². The molecule has 5 heteroatoms. The maximum absolute atomic E-state index is 12.7. The minimum Gasteiger partial charge on any atom is -0.490 e. The standard InChI is InChI=1S/C20H19NO3S/c1-3-14(2)24-17-12-8-7-9-15(17)13-18-19(22)21(20(23)25-18)16-10-5-4-6-11-16/h4-14H,3H2,1-2H3/b18-13+/t14-/m1/s1. The third-order valence-electron chi connectivity index (χ3n) is 3.92. The molecule has 1 aliphatic rings. The minimum atomic E-state index is -0.306. The molecule has 0 radical (unpaired) electrons. The van der Waals surface area contributed by atoms with Crippen molar-refractivity contribution in [3.63, 3.8) is 0 Å². The normalized spacial score (nSPS) is 17.2. The first-order chi connectivity index (χ1) is 12.1. The molecule has 0 aromatic heterocycles. The molecule has 0 bridgehead atoms. The zero-order valence-corrected chi connectivity index (χ0v) is 15.0. The molecular weight excluding hydrogens is 334 g/mol. The number of amides is 2. The van der Waals surface area contributed by atoms with E-state index in [-0.39, 0.29) is 17.3 Å². The summed E-state index contributed by atoms with van der Waals surface area (Å²) in [6.45, 7) is 4.05. The van der Waals surface area contributed by atoms with Crippen molar-refractivity contribution in [3.8, 4) is 5.75 Å². The van der Waals surface area contributed by atoms with Crippen LogP contribution in [0.15, 0.2) is 59.5 Å². The molecule has 1 atom stereocenters. The van der Waals surface area contributed by atoms with Crippen LogP contribution in [0.5, 0.6) is 5.75 Å². The molecule has 0 spiro atoms. The van der Waals surface area contributed by atoms with Gasteiger partial charge in [-0.15, -0.1) is 0 Å². The molecule has 2 amide bonds. The van der Waals surface area contributed by atoms with Gasteiger partial charge in [0.25, 0.3) is 11.1 Å². The number of carbonyl (C=O) groups is 2. The number of para-hydroxylation sites is 2. The van der Waals surface area contributed by atoms with Crippen molar-refractivity contribution in [2.24, 2.45) is 0 Å². The molecule has 1 heterocycles. The number of rotatable bonds is 5. The Morgan fingerprint density at radius 2 is 1.76 bits per heavy atom. The molecule has 4 nitrogen and oxygen atoms in total. The Balaban J connectivity index is 1.91. The molecule has 1 saturated heterocycles. The Kier molecular flexibility index (Phi) is 5.24. The van der Waals surface area contributed by atoms with Gasteiger partial charge in [0.15, 0.2) is 0 Å². The van der Waals surface area contributed by atoms with E-state index in [9.17, 15) is 9.59 Å². The van der Waals surface area contributed by atoms with E-state index in [4.69, 9.17) is 4.74 Å². The quantitative estimate of drug-likeness (QED) is 0.701. The summed E-state index contributed by atoms with van der Waals surface area (Å²) in [7, 11) is 0. The van der Waals surface area contributed by atoms with Crippen molar-refractivity contribution in [3.05, 3.63) is 65.1 Å². The number of hydrogen-bond acceptors (Lipinski definition) is 4. The molecule has 3 rings (SSSR count).